The standard InChI is InChI=1S/C17H16Cl2FNO3S/c1-2-21(14-6-4-13(20)5-7-14)17(22)11-25(23,24)10-12-3-8-15(18)16(19)9-12/h3-9H,2,10-11H2,1H3. The molecule has 0 N–H and O–H groups in total. The number of rotatable bonds is 6. The second-order valence-corrected chi connectivity index (χ2v) is 8.27. The fraction of sp³-hybridized carbons (Fsp3) is 0.235. The van der Waals surface area contributed by atoms with Crippen LogP contribution in [0.25, 0.3) is 0 Å². The zero-order valence-electron chi connectivity index (χ0n) is 13.4. The molecule has 0 saturated carbocycles. The van der Waals surface area contributed by atoms with Gasteiger partial charge in [0.05, 0.1) is 15.8 Å². The number of amides is 1. The summed E-state index contributed by atoms with van der Waals surface area (Å²) >= 11 is 11.7. The Bertz CT molecular complexity index is 870. The Hall–Kier alpha value is -1.63. The Kier molecular flexibility index (Phi) is 6.43. The first kappa shape index (κ1) is 19.7. The van der Waals surface area contributed by atoms with Crippen LogP contribution in [0, 0.1) is 5.82 Å². The van der Waals surface area contributed by atoms with Crippen LogP contribution < -0.4 is 4.90 Å². The maximum Gasteiger partial charge on any atom is 0.242 e. The van der Waals surface area contributed by atoms with Gasteiger partial charge in [0.15, 0.2) is 9.84 Å². The first-order valence-corrected chi connectivity index (χ1v) is 10.00. The van der Waals surface area contributed by atoms with Gasteiger partial charge in [-0.05, 0) is 48.9 Å². The van der Waals surface area contributed by atoms with Crippen LogP contribution in [0.2, 0.25) is 10.0 Å². The molecule has 0 atom stereocenters. The highest BCUT2D eigenvalue weighted by molar-refractivity contribution is 7.91. The third-order valence-electron chi connectivity index (χ3n) is 3.47. The lowest BCUT2D eigenvalue weighted by molar-refractivity contribution is -0.116. The Labute approximate surface area is 156 Å². The van der Waals surface area contributed by atoms with E-state index >= 15 is 0 Å². The molecule has 0 spiro atoms. The van der Waals surface area contributed by atoms with E-state index < -0.39 is 27.3 Å². The molecule has 2 aromatic carbocycles. The molecule has 0 unspecified atom stereocenters. The van der Waals surface area contributed by atoms with E-state index in [1.165, 1.54) is 41.3 Å². The van der Waals surface area contributed by atoms with Crippen molar-refractivity contribution in [2.45, 2.75) is 12.7 Å². The summed E-state index contributed by atoms with van der Waals surface area (Å²) in [4.78, 5) is 13.7. The van der Waals surface area contributed by atoms with Gasteiger partial charge in [0, 0.05) is 12.2 Å². The molecule has 0 aromatic heterocycles. The minimum absolute atomic E-state index is 0.252. The van der Waals surface area contributed by atoms with E-state index in [2.05, 4.69) is 0 Å². The molecule has 0 heterocycles. The van der Waals surface area contributed by atoms with E-state index in [4.69, 9.17) is 23.2 Å². The second-order valence-electron chi connectivity index (χ2n) is 5.40. The van der Waals surface area contributed by atoms with E-state index in [9.17, 15) is 17.6 Å². The van der Waals surface area contributed by atoms with Gasteiger partial charge in [-0.2, -0.15) is 0 Å². The maximum atomic E-state index is 13.0. The van der Waals surface area contributed by atoms with Gasteiger partial charge in [0.2, 0.25) is 5.91 Å². The van der Waals surface area contributed by atoms with Gasteiger partial charge in [-0.15, -0.1) is 0 Å². The molecule has 134 valence electrons. The quantitative estimate of drug-likeness (QED) is 0.729. The molecule has 0 aliphatic rings. The summed E-state index contributed by atoms with van der Waals surface area (Å²) in [5.41, 5.74) is 0.894. The fourth-order valence-corrected chi connectivity index (χ4v) is 3.97. The van der Waals surface area contributed by atoms with Gasteiger partial charge in [0.1, 0.15) is 11.6 Å². The molecule has 25 heavy (non-hydrogen) atoms. The molecule has 0 radical (unpaired) electrons. The van der Waals surface area contributed by atoms with Crippen molar-refractivity contribution in [1.82, 2.24) is 0 Å². The van der Waals surface area contributed by atoms with Crippen LogP contribution in [-0.2, 0) is 20.4 Å². The highest BCUT2D eigenvalue weighted by Gasteiger charge is 2.23. The van der Waals surface area contributed by atoms with Crippen molar-refractivity contribution in [3.8, 4) is 0 Å². The largest absolute Gasteiger partial charge is 0.312 e. The Morgan fingerprint density at radius 2 is 1.72 bits per heavy atom. The summed E-state index contributed by atoms with van der Waals surface area (Å²) in [6, 6.07) is 9.82. The minimum Gasteiger partial charge on any atom is -0.312 e. The number of hydrogen-bond donors (Lipinski definition) is 0. The second kappa shape index (κ2) is 8.17. The number of nitrogens with zero attached hydrogens (tertiary/aromatic N) is 1. The van der Waals surface area contributed by atoms with E-state index in [1.807, 2.05) is 0 Å². The highest BCUT2D eigenvalue weighted by atomic mass is 35.5. The van der Waals surface area contributed by atoms with Gasteiger partial charge in [-0.3, -0.25) is 4.79 Å². The minimum atomic E-state index is -3.70. The molecule has 0 aliphatic carbocycles. The monoisotopic (exact) mass is 403 g/mol. The lowest BCUT2D eigenvalue weighted by Crippen LogP contribution is -2.36. The number of halogens is 3. The van der Waals surface area contributed by atoms with Crippen molar-refractivity contribution in [1.29, 1.82) is 0 Å². The van der Waals surface area contributed by atoms with Gasteiger partial charge in [0.25, 0.3) is 0 Å². The third-order valence-corrected chi connectivity index (χ3v) is 5.67. The zero-order chi connectivity index (χ0) is 18.6. The van der Waals surface area contributed by atoms with Crippen LogP contribution in [0.1, 0.15) is 12.5 Å². The van der Waals surface area contributed by atoms with Crippen LogP contribution in [0.4, 0.5) is 10.1 Å². The van der Waals surface area contributed by atoms with Crippen LogP contribution in [0.15, 0.2) is 42.5 Å². The third kappa shape index (κ3) is 5.42. The summed E-state index contributed by atoms with van der Waals surface area (Å²) < 4.78 is 37.7. The molecule has 4 nitrogen and oxygen atoms in total. The molecular weight excluding hydrogens is 388 g/mol. The van der Waals surface area contributed by atoms with Crippen LogP contribution in [0.3, 0.4) is 0 Å². The van der Waals surface area contributed by atoms with E-state index in [1.54, 1.807) is 13.0 Å². The number of carbonyl (C=O) groups excluding carboxylic acids is 1. The Morgan fingerprint density at radius 1 is 1.08 bits per heavy atom. The SMILES string of the molecule is CCN(C(=O)CS(=O)(=O)Cc1ccc(Cl)c(Cl)c1)c1ccc(F)cc1. The molecule has 0 bridgehead atoms. The molecule has 8 heteroatoms. The number of sulfone groups is 1. The van der Waals surface area contributed by atoms with Crippen LogP contribution in [-0.4, -0.2) is 26.6 Å². The first-order valence-electron chi connectivity index (χ1n) is 7.42. The number of benzene rings is 2. The summed E-state index contributed by atoms with van der Waals surface area (Å²) in [5.74, 6) is -1.98. The first-order chi connectivity index (χ1) is 11.7. The van der Waals surface area contributed by atoms with Crippen LogP contribution >= 0.6 is 23.2 Å². The van der Waals surface area contributed by atoms with Gasteiger partial charge in [-0.1, -0.05) is 29.3 Å². The summed E-state index contributed by atoms with van der Waals surface area (Å²) in [7, 11) is -3.70. The van der Waals surface area contributed by atoms with Crippen molar-refractivity contribution >= 4 is 44.6 Å². The molecular formula is C17H16Cl2FNO3S. The summed E-state index contributed by atoms with van der Waals surface area (Å²) in [6.45, 7) is 1.99. The van der Waals surface area contributed by atoms with E-state index in [-0.39, 0.29) is 17.3 Å². The lowest BCUT2D eigenvalue weighted by atomic mass is 10.2. The van der Waals surface area contributed by atoms with E-state index in [0.29, 0.717) is 16.3 Å². The molecule has 0 fully saturated rings. The molecule has 2 rings (SSSR count). The zero-order valence-corrected chi connectivity index (χ0v) is 15.7. The fourth-order valence-electron chi connectivity index (χ4n) is 2.32. The van der Waals surface area contributed by atoms with Crippen molar-refractivity contribution in [3.63, 3.8) is 0 Å². The summed E-state index contributed by atoms with van der Waals surface area (Å²) in [6.07, 6.45) is 0. The highest BCUT2D eigenvalue weighted by Crippen LogP contribution is 2.24. The normalized spacial score (nSPS) is 11.4. The summed E-state index contributed by atoms with van der Waals surface area (Å²) in [5, 5.41) is 0.578. The molecule has 0 saturated heterocycles. The Balaban J connectivity index is 2.13. The molecule has 2 aromatic rings. The number of anilines is 1. The maximum absolute atomic E-state index is 13.0. The Morgan fingerprint density at radius 3 is 2.28 bits per heavy atom. The van der Waals surface area contributed by atoms with Crippen molar-refractivity contribution in [2.24, 2.45) is 0 Å². The van der Waals surface area contributed by atoms with Crippen LogP contribution in [0.5, 0.6) is 0 Å². The molecule has 0 aliphatic heterocycles. The van der Waals surface area contributed by atoms with Crippen molar-refractivity contribution in [3.05, 3.63) is 63.9 Å². The smallest absolute Gasteiger partial charge is 0.242 e. The van der Waals surface area contributed by atoms with Gasteiger partial charge < -0.3 is 4.90 Å². The number of hydrogen-bond acceptors (Lipinski definition) is 3. The number of carbonyl (C=O) groups is 1. The van der Waals surface area contributed by atoms with E-state index in [0.717, 1.165) is 0 Å². The lowest BCUT2D eigenvalue weighted by Gasteiger charge is -2.21. The van der Waals surface area contributed by atoms with Crippen molar-refractivity contribution < 1.29 is 17.6 Å². The average Bonchev–Trinajstić information content (AvgIpc) is 2.52. The van der Waals surface area contributed by atoms with Crippen molar-refractivity contribution in [2.75, 3.05) is 17.2 Å². The van der Waals surface area contributed by atoms with Gasteiger partial charge in [-0.25, -0.2) is 12.8 Å². The average molecular weight is 404 g/mol. The predicted molar refractivity (Wildman–Crippen MR) is 98.4 cm³/mol. The molecule has 1 amide bonds. The topological polar surface area (TPSA) is 54.5 Å². The predicted octanol–water partition coefficient (Wildman–Crippen LogP) is 4.10. The van der Waals surface area contributed by atoms with Gasteiger partial charge >= 0.3 is 0 Å².